The molecule has 3 nitrogen and oxygen atoms in total. The smallest absolute Gasteiger partial charge is 0.176 e. The van der Waals surface area contributed by atoms with Crippen LogP contribution in [0.2, 0.25) is 0 Å². The molecule has 1 aromatic heterocycles. The summed E-state index contributed by atoms with van der Waals surface area (Å²) in [6.45, 7) is -0.216. The van der Waals surface area contributed by atoms with E-state index in [9.17, 15) is 8.42 Å². The van der Waals surface area contributed by atoms with Gasteiger partial charge >= 0.3 is 0 Å². The summed E-state index contributed by atoms with van der Waals surface area (Å²) < 4.78 is 21.9. The van der Waals surface area contributed by atoms with Crippen molar-refractivity contribution < 1.29 is 13.5 Å². The van der Waals surface area contributed by atoms with Gasteiger partial charge < -0.3 is 5.11 Å². The molecule has 0 spiro atoms. The Morgan fingerprint density at radius 1 is 1.55 bits per heavy atom. The third-order valence-electron chi connectivity index (χ3n) is 1.27. The number of hydrogen-bond donors (Lipinski definition) is 1. The lowest BCUT2D eigenvalue weighted by Gasteiger charge is -1.95. The van der Waals surface area contributed by atoms with E-state index in [-0.39, 0.29) is 11.5 Å². The molecule has 0 radical (unpaired) electrons. The summed E-state index contributed by atoms with van der Waals surface area (Å²) in [7, 11) is -3.15. The van der Waals surface area contributed by atoms with Crippen molar-refractivity contribution in [1.82, 2.24) is 0 Å². The lowest BCUT2D eigenvalue weighted by atomic mass is 10.4. The Labute approximate surface area is 69.2 Å². The van der Waals surface area contributed by atoms with Crippen molar-refractivity contribution in [3.05, 3.63) is 16.3 Å². The molecule has 0 aliphatic rings. The zero-order valence-corrected chi connectivity index (χ0v) is 7.58. The van der Waals surface area contributed by atoms with Crippen LogP contribution in [0.3, 0.4) is 0 Å². The van der Waals surface area contributed by atoms with Crippen LogP contribution in [0.5, 0.6) is 0 Å². The summed E-state index contributed by atoms with van der Waals surface area (Å²) in [5.41, 5.74) is 0.484. The van der Waals surface area contributed by atoms with Gasteiger partial charge in [0.05, 0.1) is 11.5 Å². The van der Waals surface area contributed by atoms with Gasteiger partial charge in [0.25, 0.3) is 0 Å². The maximum atomic E-state index is 11.0. The maximum Gasteiger partial charge on any atom is 0.176 e. The maximum absolute atomic E-state index is 11.0. The largest absolute Gasteiger partial charge is 0.392 e. The molecule has 5 heteroatoms. The molecule has 0 atom stereocenters. The van der Waals surface area contributed by atoms with Crippen LogP contribution in [-0.2, 0) is 16.4 Å². The quantitative estimate of drug-likeness (QED) is 0.748. The van der Waals surface area contributed by atoms with Gasteiger partial charge in [0.15, 0.2) is 9.84 Å². The van der Waals surface area contributed by atoms with Crippen LogP contribution >= 0.6 is 11.3 Å². The van der Waals surface area contributed by atoms with Crippen LogP contribution in [-0.4, -0.2) is 19.8 Å². The van der Waals surface area contributed by atoms with Gasteiger partial charge in [0, 0.05) is 17.2 Å². The highest BCUT2D eigenvalue weighted by Gasteiger charge is 2.12. The molecule has 11 heavy (non-hydrogen) atoms. The van der Waals surface area contributed by atoms with Gasteiger partial charge in [-0.05, 0) is 5.38 Å². The molecule has 1 heterocycles. The molecule has 1 N–H and O–H groups in total. The van der Waals surface area contributed by atoms with Crippen LogP contribution in [0.4, 0.5) is 0 Å². The van der Waals surface area contributed by atoms with Crippen molar-refractivity contribution >= 4 is 21.2 Å². The predicted octanol–water partition coefficient (Wildman–Crippen LogP) is 0.644. The van der Waals surface area contributed by atoms with E-state index in [4.69, 9.17) is 5.11 Å². The average Bonchev–Trinajstić information content (AvgIpc) is 2.31. The highest BCUT2D eigenvalue weighted by atomic mass is 32.2. The Bertz CT molecular complexity index is 336. The van der Waals surface area contributed by atoms with Gasteiger partial charge in [-0.15, -0.1) is 0 Å². The Kier molecular flexibility index (Phi) is 2.31. The molecule has 0 bridgehead atoms. The van der Waals surface area contributed by atoms with E-state index in [0.29, 0.717) is 5.56 Å². The molecule has 0 saturated heterocycles. The standard InChI is InChI=1S/C6H8O3S2/c1-11(8,9)6-4-10-3-5(6)2-7/h3-4,7H,2H2,1H3. The lowest BCUT2D eigenvalue weighted by Crippen LogP contribution is -1.98. The fourth-order valence-electron chi connectivity index (χ4n) is 0.752. The van der Waals surface area contributed by atoms with Crippen LogP contribution in [0.1, 0.15) is 5.56 Å². The van der Waals surface area contributed by atoms with Gasteiger partial charge in [0.1, 0.15) is 0 Å². The zero-order chi connectivity index (χ0) is 8.48. The van der Waals surface area contributed by atoms with Gasteiger partial charge in [-0.2, -0.15) is 11.3 Å². The molecule has 62 valence electrons. The van der Waals surface area contributed by atoms with Crippen molar-refractivity contribution in [2.45, 2.75) is 11.5 Å². The van der Waals surface area contributed by atoms with Crippen LogP contribution in [0.15, 0.2) is 15.7 Å². The topological polar surface area (TPSA) is 54.4 Å². The van der Waals surface area contributed by atoms with Gasteiger partial charge in [-0.3, -0.25) is 0 Å². The highest BCUT2D eigenvalue weighted by molar-refractivity contribution is 7.90. The van der Waals surface area contributed by atoms with E-state index in [1.54, 1.807) is 5.38 Å². The summed E-state index contributed by atoms with van der Waals surface area (Å²) in [6, 6.07) is 0. The number of aliphatic hydroxyl groups excluding tert-OH is 1. The van der Waals surface area contributed by atoms with Gasteiger partial charge in [0.2, 0.25) is 0 Å². The molecule has 0 aliphatic carbocycles. The summed E-state index contributed by atoms with van der Waals surface area (Å²) >= 11 is 1.28. The Morgan fingerprint density at radius 3 is 2.55 bits per heavy atom. The third-order valence-corrected chi connectivity index (χ3v) is 3.39. The van der Waals surface area contributed by atoms with Crippen molar-refractivity contribution in [1.29, 1.82) is 0 Å². The van der Waals surface area contributed by atoms with Crippen molar-refractivity contribution in [2.24, 2.45) is 0 Å². The van der Waals surface area contributed by atoms with E-state index in [2.05, 4.69) is 0 Å². The second-order valence-electron chi connectivity index (χ2n) is 2.19. The number of rotatable bonds is 2. The van der Waals surface area contributed by atoms with Gasteiger partial charge in [-0.25, -0.2) is 8.42 Å². The predicted molar refractivity (Wildman–Crippen MR) is 43.4 cm³/mol. The normalized spacial score (nSPS) is 11.8. The van der Waals surface area contributed by atoms with Crippen LogP contribution < -0.4 is 0 Å². The lowest BCUT2D eigenvalue weighted by molar-refractivity contribution is 0.279. The average molecular weight is 192 g/mol. The summed E-state index contributed by atoms with van der Waals surface area (Å²) in [4.78, 5) is 0.241. The minimum absolute atomic E-state index is 0.216. The molecular formula is C6H8O3S2. The first-order valence-electron chi connectivity index (χ1n) is 2.91. The molecule has 1 rings (SSSR count). The van der Waals surface area contributed by atoms with E-state index in [1.165, 1.54) is 16.7 Å². The third kappa shape index (κ3) is 1.79. The fraction of sp³-hybridized carbons (Fsp3) is 0.333. The number of sulfone groups is 1. The second kappa shape index (κ2) is 2.92. The first kappa shape index (κ1) is 8.70. The molecule has 0 fully saturated rings. The Balaban J connectivity index is 3.24. The molecule has 0 unspecified atom stereocenters. The SMILES string of the molecule is CS(=O)(=O)c1cscc1CO. The monoisotopic (exact) mass is 192 g/mol. The van der Waals surface area contributed by atoms with Crippen molar-refractivity contribution in [3.63, 3.8) is 0 Å². The number of thiophene rings is 1. The molecular weight excluding hydrogens is 184 g/mol. The van der Waals surface area contributed by atoms with Crippen molar-refractivity contribution in [3.8, 4) is 0 Å². The number of hydrogen-bond acceptors (Lipinski definition) is 4. The first-order chi connectivity index (χ1) is 5.05. The number of aliphatic hydroxyl groups is 1. The van der Waals surface area contributed by atoms with Gasteiger partial charge in [-0.1, -0.05) is 0 Å². The minimum atomic E-state index is -3.15. The summed E-state index contributed by atoms with van der Waals surface area (Å²) in [5, 5.41) is 11.9. The first-order valence-corrected chi connectivity index (χ1v) is 5.75. The summed E-state index contributed by atoms with van der Waals surface area (Å²) in [6.07, 6.45) is 1.13. The highest BCUT2D eigenvalue weighted by Crippen LogP contribution is 2.19. The minimum Gasteiger partial charge on any atom is -0.392 e. The summed E-state index contributed by atoms with van der Waals surface area (Å²) in [5.74, 6) is 0. The van der Waals surface area contributed by atoms with E-state index in [1.807, 2.05) is 0 Å². The van der Waals surface area contributed by atoms with Crippen LogP contribution in [0, 0.1) is 0 Å². The van der Waals surface area contributed by atoms with E-state index >= 15 is 0 Å². The van der Waals surface area contributed by atoms with Crippen LogP contribution in [0.25, 0.3) is 0 Å². The molecule has 0 saturated carbocycles. The molecule has 0 aliphatic heterocycles. The fourth-order valence-corrected chi connectivity index (χ4v) is 3.00. The molecule has 1 aromatic rings. The second-order valence-corrected chi connectivity index (χ2v) is 4.92. The van der Waals surface area contributed by atoms with E-state index < -0.39 is 9.84 Å². The van der Waals surface area contributed by atoms with Crippen molar-refractivity contribution in [2.75, 3.05) is 6.26 Å². The zero-order valence-electron chi connectivity index (χ0n) is 5.94. The Morgan fingerprint density at radius 2 is 2.18 bits per heavy atom. The van der Waals surface area contributed by atoms with E-state index in [0.717, 1.165) is 6.26 Å². The molecule has 0 aromatic carbocycles. The molecule has 0 amide bonds. The Hall–Kier alpha value is -0.390.